The van der Waals surface area contributed by atoms with Crippen LogP contribution in [-0.2, 0) is 9.59 Å². The second-order valence-corrected chi connectivity index (χ2v) is 7.69. The van der Waals surface area contributed by atoms with Gasteiger partial charge in [0, 0.05) is 58.4 Å². The quantitative estimate of drug-likeness (QED) is 0.594. The minimum atomic E-state index is -0.936. The Morgan fingerprint density at radius 1 is 1.03 bits per heavy atom. The average Bonchev–Trinajstić information content (AvgIpc) is 2.97. The first kappa shape index (κ1) is 25.1. The molecule has 2 N–H and O–H groups in total. The van der Waals surface area contributed by atoms with Crippen LogP contribution in [0.2, 0.25) is 0 Å². The van der Waals surface area contributed by atoms with Gasteiger partial charge in [0.2, 0.25) is 11.8 Å². The van der Waals surface area contributed by atoms with E-state index in [-0.39, 0.29) is 43.6 Å². The molecule has 3 heterocycles. The monoisotopic (exact) mass is 471 g/mol. The normalized spacial score (nSPS) is 21.2. The zero-order valence-electron chi connectivity index (χ0n) is 17.3. The second-order valence-electron chi connectivity index (χ2n) is 7.69. The number of hydrogen-bond donors (Lipinski definition) is 2. The third-order valence-corrected chi connectivity index (χ3v) is 5.83. The summed E-state index contributed by atoms with van der Waals surface area (Å²) < 4.78 is 0. The van der Waals surface area contributed by atoms with E-state index in [2.05, 4.69) is 20.4 Å². The first-order chi connectivity index (χ1) is 14.0. The van der Waals surface area contributed by atoms with E-state index in [9.17, 15) is 19.2 Å². The summed E-state index contributed by atoms with van der Waals surface area (Å²) in [6, 6.07) is 4.27. The number of halogens is 2. The number of carbonyl (C=O) groups is 4. The van der Waals surface area contributed by atoms with E-state index in [4.69, 9.17) is 0 Å². The van der Waals surface area contributed by atoms with Gasteiger partial charge < -0.3 is 10.2 Å². The minimum Gasteiger partial charge on any atom is -0.373 e. The molecule has 1 aromatic rings. The Balaban J connectivity index is 0.00000171. The highest BCUT2D eigenvalue weighted by Gasteiger charge is 2.44. The van der Waals surface area contributed by atoms with Crippen LogP contribution in [0.1, 0.15) is 33.6 Å². The van der Waals surface area contributed by atoms with Gasteiger partial charge >= 0.3 is 0 Å². The highest BCUT2D eigenvalue weighted by molar-refractivity contribution is 6.23. The molecule has 0 aromatic heterocycles. The Labute approximate surface area is 193 Å². The Morgan fingerprint density at radius 2 is 1.71 bits per heavy atom. The first-order valence-electron chi connectivity index (χ1n) is 9.95. The van der Waals surface area contributed by atoms with Crippen molar-refractivity contribution in [2.45, 2.75) is 18.9 Å². The van der Waals surface area contributed by atoms with E-state index >= 15 is 0 Å². The molecule has 0 saturated carbocycles. The van der Waals surface area contributed by atoms with Crippen molar-refractivity contribution in [1.82, 2.24) is 20.4 Å². The number of rotatable bonds is 5. The minimum absolute atomic E-state index is 0. The highest BCUT2D eigenvalue weighted by Crippen LogP contribution is 2.30. The summed E-state index contributed by atoms with van der Waals surface area (Å²) in [5.74, 6) is -1.92. The summed E-state index contributed by atoms with van der Waals surface area (Å²) in [6.45, 7) is 5.75. The highest BCUT2D eigenvalue weighted by atomic mass is 35.5. The lowest BCUT2D eigenvalue weighted by atomic mass is 10.0. The van der Waals surface area contributed by atoms with Crippen LogP contribution in [0.5, 0.6) is 0 Å². The summed E-state index contributed by atoms with van der Waals surface area (Å²) in [5.41, 5.74) is 1.47. The van der Waals surface area contributed by atoms with Crippen molar-refractivity contribution < 1.29 is 19.2 Å². The molecule has 9 nitrogen and oxygen atoms in total. The fourth-order valence-corrected chi connectivity index (χ4v) is 4.05. The Bertz CT molecular complexity index is 875. The molecule has 0 spiro atoms. The van der Waals surface area contributed by atoms with E-state index in [1.54, 1.807) is 12.1 Å². The molecule has 1 atom stereocenters. The zero-order chi connectivity index (χ0) is 20.5. The summed E-state index contributed by atoms with van der Waals surface area (Å²) >= 11 is 0. The maximum atomic E-state index is 12.9. The van der Waals surface area contributed by atoms with Gasteiger partial charge in [-0.2, -0.15) is 0 Å². The Hall–Kier alpha value is -2.20. The number of hydrogen-bond acceptors (Lipinski definition) is 7. The van der Waals surface area contributed by atoms with Crippen LogP contribution in [0.15, 0.2) is 18.2 Å². The predicted octanol–water partition coefficient (Wildman–Crippen LogP) is 0.273. The fraction of sp³-hybridized carbons (Fsp3) is 0.500. The largest absolute Gasteiger partial charge is 0.373 e. The van der Waals surface area contributed by atoms with Gasteiger partial charge in [0.05, 0.1) is 11.1 Å². The molecule has 170 valence electrons. The zero-order valence-corrected chi connectivity index (χ0v) is 18.9. The smallest absolute Gasteiger partial charge is 0.262 e. The van der Waals surface area contributed by atoms with Gasteiger partial charge in [0.15, 0.2) is 0 Å². The number of carbonyl (C=O) groups excluding carboxylic acids is 4. The fourth-order valence-electron chi connectivity index (χ4n) is 4.05. The molecule has 4 rings (SSSR count). The molecule has 4 amide bonds. The second kappa shape index (κ2) is 10.4. The first-order valence-corrected chi connectivity index (χ1v) is 9.95. The van der Waals surface area contributed by atoms with Crippen LogP contribution in [-0.4, -0.2) is 85.8 Å². The third-order valence-electron chi connectivity index (χ3n) is 5.83. The number of nitrogens with zero attached hydrogens (tertiary/aromatic N) is 3. The topological polar surface area (TPSA) is 102 Å². The standard InChI is InChI=1S/C20H25N5O4.2ClH/c1-23(10-11-24-8-6-21-7-9-24)13-2-3-14-15(12-13)20(29)25(19(14)28)16-4-5-17(26)22-18(16)27;;/h2-3,12,16,21H,4-11H2,1H3,(H,22,26,27);2*1H. The van der Waals surface area contributed by atoms with Crippen molar-refractivity contribution in [3.05, 3.63) is 29.3 Å². The summed E-state index contributed by atoms with van der Waals surface area (Å²) in [5, 5.41) is 5.54. The lowest BCUT2D eigenvalue weighted by molar-refractivity contribution is -0.136. The van der Waals surface area contributed by atoms with E-state index in [1.165, 1.54) is 0 Å². The maximum Gasteiger partial charge on any atom is 0.262 e. The number of nitrogens with one attached hydrogen (secondary N) is 2. The number of piperazine rings is 1. The van der Waals surface area contributed by atoms with E-state index in [0.29, 0.717) is 11.1 Å². The van der Waals surface area contributed by atoms with E-state index in [1.807, 2.05) is 13.1 Å². The molecular formula is C20H27Cl2N5O4. The molecule has 31 heavy (non-hydrogen) atoms. The molecule has 2 fully saturated rings. The number of benzene rings is 1. The van der Waals surface area contributed by atoms with Crippen LogP contribution >= 0.6 is 24.8 Å². The van der Waals surface area contributed by atoms with Crippen LogP contribution in [0.3, 0.4) is 0 Å². The summed E-state index contributed by atoms with van der Waals surface area (Å²) in [4.78, 5) is 54.7. The van der Waals surface area contributed by atoms with E-state index < -0.39 is 23.8 Å². The number of likely N-dealkylation sites (N-methyl/N-ethyl adjacent to an activating group) is 1. The average molecular weight is 472 g/mol. The molecular weight excluding hydrogens is 445 g/mol. The van der Waals surface area contributed by atoms with Crippen molar-refractivity contribution >= 4 is 54.1 Å². The summed E-state index contributed by atoms with van der Waals surface area (Å²) in [6.07, 6.45) is 0.275. The van der Waals surface area contributed by atoms with Gasteiger partial charge in [-0.3, -0.25) is 34.3 Å². The van der Waals surface area contributed by atoms with Gasteiger partial charge in [-0.15, -0.1) is 24.8 Å². The number of imide groups is 2. The number of amides is 4. The van der Waals surface area contributed by atoms with E-state index in [0.717, 1.165) is 49.9 Å². The summed E-state index contributed by atoms with van der Waals surface area (Å²) in [7, 11) is 1.96. The Morgan fingerprint density at radius 3 is 2.39 bits per heavy atom. The molecule has 1 aromatic carbocycles. The van der Waals surface area contributed by atoms with Gasteiger partial charge in [-0.1, -0.05) is 0 Å². The third kappa shape index (κ3) is 5.01. The van der Waals surface area contributed by atoms with Gasteiger partial charge in [0.25, 0.3) is 11.8 Å². The van der Waals surface area contributed by atoms with Crippen LogP contribution in [0.4, 0.5) is 5.69 Å². The maximum absolute atomic E-state index is 12.9. The van der Waals surface area contributed by atoms with Gasteiger partial charge in [0.1, 0.15) is 6.04 Å². The molecule has 11 heteroatoms. The number of fused-ring (bicyclic) bond motifs is 1. The lowest BCUT2D eigenvalue weighted by Crippen LogP contribution is -2.54. The molecule has 0 aliphatic carbocycles. The van der Waals surface area contributed by atoms with Crippen molar-refractivity contribution in [2.75, 3.05) is 51.2 Å². The number of anilines is 1. The van der Waals surface area contributed by atoms with Crippen molar-refractivity contribution in [1.29, 1.82) is 0 Å². The SMILES string of the molecule is CN(CCN1CCNCC1)c1ccc2c(c1)C(=O)N(C1CCC(=O)NC1=O)C2=O.Cl.Cl. The van der Waals surface area contributed by atoms with Crippen molar-refractivity contribution in [2.24, 2.45) is 0 Å². The molecule has 0 bridgehead atoms. The van der Waals surface area contributed by atoms with Gasteiger partial charge in [-0.25, -0.2) is 0 Å². The molecule has 1 unspecified atom stereocenters. The lowest BCUT2D eigenvalue weighted by Gasteiger charge is -2.29. The van der Waals surface area contributed by atoms with Gasteiger partial charge in [-0.05, 0) is 24.6 Å². The molecule has 3 aliphatic rings. The molecule has 3 aliphatic heterocycles. The van der Waals surface area contributed by atoms with Crippen molar-refractivity contribution in [3.63, 3.8) is 0 Å². The molecule has 2 saturated heterocycles. The van der Waals surface area contributed by atoms with Crippen LogP contribution < -0.4 is 15.5 Å². The predicted molar refractivity (Wildman–Crippen MR) is 120 cm³/mol. The Kier molecular flexibility index (Phi) is 8.41. The van der Waals surface area contributed by atoms with Crippen molar-refractivity contribution in [3.8, 4) is 0 Å². The number of piperidine rings is 1. The van der Waals surface area contributed by atoms with Crippen LogP contribution in [0.25, 0.3) is 0 Å². The van der Waals surface area contributed by atoms with Crippen LogP contribution in [0, 0.1) is 0 Å². The molecule has 0 radical (unpaired) electrons.